The third-order valence-corrected chi connectivity index (χ3v) is 3.39. The number of thiazole rings is 1. The van der Waals surface area contributed by atoms with Gasteiger partial charge in [-0.1, -0.05) is 18.3 Å². The Kier molecular flexibility index (Phi) is 7.70. The standard InChI is InChI=1S/C11H17N3O2S2/c1-10(17-8-3-12-2-6-15)13-11-14(4-7-16)5-9-18-11/h3,5,8-9,12,15-16H,1-2,4,6-7H2/p+1/b8-3-,13-11-. The summed E-state index contributed by atoms with van der Waals surface area (Å²) in [5, 5.41) is 23.9. The highest BCUT2D eigenvalue weighted by molar-refractivity contribution is 8.05. The van der Waals surface area contributed by atoms with Gasteiger partial charge in [0.1, 0.15) is 6.54 Å². The number of hydrogen-bond acceptors (Lipinski definition) is 5. The Balaban J connectivity index is 2.52. The molecule has 1 aromatic heterocycles. The van der Waals surface area contributed by atoms with Gasteiger partial charge < -0.3 is 20.1 Å². The van der Waals surface area contributed by atoms with Gasteiger partial charge in [0.05, 0.1) is 24.4 Å². The molecule has 0 unspecified atom stereocenters. The predicted molar refractivity (Wildman–Crippen MR) is 74.7 cm³/mol. The van der Waals surface area contributed by atoms with E-state index in [0.717, 1.165) is 4.80 Å². The van der Waals surface area contributed by atoms with E-state index in [1.807, 2.05) is 33.1 Å². The van der Waals surface area contributed by atoms with Crippen molar-refractivity contribution in [1.29, 1.82) is 0 Å². The molecule has 0 fully saturated rings. The smallest absolute Gasteiger partial charge is 0.190 e. The quantitative estimate of drug-likeness (QED) is 0.574. The van der Waals surface area contributed by atoms with Crippen molar-refractivity contribution in [3.63, 3.8) is 0 Å². The van der Waals surface area contributed by atoms with Crippen molar-refractivity contribution < 1.29 is 15.5 Å². The van der Waals surface area contributed by atoms with Gasteiger partial charge in [-0.3, -0.25) is 0 Å². The molecule has 0 atom stereocenters. The highest BCUT2D eigenvalue weighted by Gasteiger charge is 1.95. The van der Waals surface area contributed by atoms with Gasteiger partial charge in [0.25, 0.3) is 0 Å². The van der Waals surface area contributed by atoms with E-state index in [1.54, 1.807) is 0 Å². The number of nitrogens with zero attached hydrogens (tertiary/aromatic N) is 2. The Labute approximate surface area is 114 Å². The molecule has 5 nitrogen and oxygen atoms in total. The van der Waals surface area contributed by atoms with Gasteiger partial charge in [0.2, 0.25) is 0 Å². The van der Waals surface area contributed by atoms with Crippen LogP contribution in [0.2, 0.25) is 0 Å². The average Bonchev–Trinajstić information content (AvgIpc) is 2.77. The van der Waals surface area contributed by atoms with E-state index >= 15 is 0 Å². The number of aliphatic hydroxyl groups excluding tert-OH is 2. The van der Waals surface area contributed by atoms with E-state index in [2.05, 4.69) is 11.6 Å². The zero-order chi connectivity index (χ0) is 13.2. The normalized spacial score (nSPS) is 12.4. The van der Waals surface area contributed by atoms with Crippen LogP contribution in [0.25, 0.3) is 0 Å². The first kappa shape index (κ1) is 15.2. The maximum Gasteiger partial charge on any atom is 0.190 e. The number of nitrogens with two attached hydrogens (primary N) is 1. The zero-order valence-electron chi connectivity index (χ0n) is 10.0. The molecule has 7 heteroatoms. The summed E-state index contributed by atoms with van der Waals surface area (Å²) in [6.07, 6.45) is 3.76. The first-order valence-electron chi connectivity index (χ1n) is 5.52. The predicted octanol–water partition coefficient (Wildman–Crippen LogP) is -0.326. The molecule has 1 heterocycles. The summed E-state index contributed by atoms with van der Waals surface area (Å²) < 4.78 is 1.89. The van der Waals surface area contributed by atoms with Gasteiger partial charge in [0, 0.05) is 23.5 Å². The lowest BCUT2D eigenvalue weighted by atomic mass is 10.7. The molecule has 18 heavy (non-hydrogen) atoms. The fourth-order valence-corrected chi connectivity index (χ4v) is 2.47. The Morgan fingerprint density at radius 3 is 3.11 bits per heavy atom. The molecule has 0 saturated carbocycles. The molecule has 0 radical (unpaired) electrons. The SMILES string of the molecule is C=C(/N=c1\sccn1CCO)S/C=C\[NH2+]CCO. The molecule has 0 aliphatic carbocycles. The first-order chi connectivity index (χ1) is 8.77. The van der Waals surface area contributed by atoms with Gasteiger partial charge >= 0.3 is 0 Å². The van der Waals surface area contributed by atoms with Crippen molar-refractivity contribution in [3.05, 3.63) is 39.6 Å². The van der Waals surface area contributed by atoms with E-state index in [0.29, 0.717) is 18.1 Å². The lowest BCUT2D eigenvalue weighted by molar-refractivity contribution is -0.589. The molecule has 0 aliphatic rings. The Morgan fingerprint density at radius 2 is 2.39 bits per heavy atom. The van der Waals surface area contributed by atoms with Crippen LogP contribution in [-0.4, -0.2) is 34.5 Å². The van der Waals surface area contributed by atoms with Crippen molar-refractivity contribution in [2.24, 2.45) is 4.99 Å². The van der Waals surface area contributed by atoms with Gasteiger partial charge in [-0.15, -0.1) is 11.3 Å². The van der Waals surface area contributed by atoms with Crippen molar-refractivity contribution >= 4 is 23.1 Å². The lowest BCUT2D eigenvalue weighted by Gasteiger charge is -1.98. The molecule has 0 bridgehead atoms. The minimum Gasteiger partial charge on any atom is -0.395 e. The summed E-state index contributed by atoms with van der Waals surface area (Å²) in [5.74, 6) is 0. The minimum absolute atomic E-state index is 0.0968. The molecule has 0 spiro atoms. The topological polar surface area (TPSA) is 74.4 Å². The van der Waals surface area contributed by atoms with E-state index in [1.165, 1.54) is 23.1 Å². The number of quaternary nitrogens is 1. The maximum atomic E-state index is 8.90. The molecule has 0 saturated heterocycles. The maximum absolute atomic E-state index is 8.90. The number of hydrogen-bond donors (Lipinski definition) is 3. The number of aliphatic hydroxyl groups is 2. The summed E-state index contributed by atoms with van der Waals surface area (Å²) in [4.78, 5) is 5.21. The molecule has 0 aromatic carbocycles. The van der Waals surface area contributed by atoms with Gasteiger partial charge in [0.15, 0.2) is 4.80 Å². The van der Waals surface area contributed by atoms with Crippen molar-refractivity contribution in [2.75, 3.05) is 19.8 Å². The summed E-state index contributed by atoms with van der Waals surface area (Å²) in [5.41, 5.74) is 0. The summed E-state index contributed by atoms with van der Waals surface area (Å²) in [6, 6.07) is 0. The minimum atomic E-state index is 0.0968. The molecule has 4 N–H and O–H groups in total. The van der Waals surface area contributed by atoms with E-state index in [4.69, 9.17) is 10.2 Å². The van der Waals surface area contributed by atoms with Gasteiger partial charge in [-0.25, -0.2) is 4.99 Å². The highest BCUT2D eigenvalue weighted by atomic mass is 32.2. The summed E-state index contributed by atoms with van der Waals surface area (Å²) in [7, 11) is 0. The Bertz CT molecular complexity index is 451. The molecule has 100 valence electrons. The van der Waals surface area contributed by atoms with E-state index < -0.39 is 0 Å². The van der Waals surface area contributed by atoms with Crippen LogP contribution in [0.3, 0.4) is 0 Å². The monoisotopic (exact) mass is 288 g/mol. The van der Waals surface area contributed by atoms with E-state index in [-0.39, 0.29) is 13.2 Å². The third kappa shape index (κ3) is 5.65. The second kappa shape index (κ2) is 9.12. The fraction of sp³-hybridized carbons (Fsp3) is 0.364. The molecular weight excluding hydrogens is 270 g/mol. The Morgan fingerprint density at radius 1 is 1.56 bits per heavy atom. The van der Waals surface area contributed by atoms with Crippen LogP contribution < -0.4 is 10.1 Å². The molecule has 0 amide bonds. The fourth-order valence-electron chi connectivity index (χ4n) is 1.14. The van der Waals surface area contributed by atoms with Crippen LogP contribution in [0.4, 0.5) is 0 Å². The van der Waals surface area contributed by atoms with E-state index in [9.17, 15) is 0 Å². The van der Waals surface area contributed by atoms with Crippen LogP contribution in [0.5, 0.6) is 0 Å². The summed E-state index contributed by atoms with van der Waals surface area (Å²) >= 11 is 2.94. The summed E-state index contributed by atoms with van der Waals surface area (Å²) in [6.45, 7) is 5.32. The Hall–Kier alpha value is -0.860. The molecule has 0 aliphatic heterocycles. The van der Waals surface area contributed by atoms with Crippen LogP contribution in [0.1, 0.15) is 0 Å². The second-order valence-corrected chi connectivity index (χ2v) is 5.15. The second-order valence-electron chi connectivity index (χ2n) is 3.30. The number of thioether (sulfide) groups is 1. The number of aromatic nitrogens is 1. The number of rotatable bonds is 8. The van der Waals surface area contributed by atoms with Crippen LogP contribution in [0, 0.1) is 0 Å². The van der Waals surface area contributed by atoms with Crippen molar-refractivity contribution in [2.45, 2.75) is 6.54 Å². The lowest BCUT2D eigenvalue weighted by Crippen LogP contribution is -2.78. The highest BCUT2D eigenvalue weighted by Crippen LogP contribution is 2.14. The first-order valence-corrected chi connectivity index (χ1v) is 7.28. The third-order valence-electron chi connectivity index (χ3n) is 1.94. The largest absolute Gasteiger partial charge is 0.395 e. The van der Waals surface area contributed by atoms with Crippen LogP contribution >= 0.6 is 23.1 Å². The van der Waals surface area contributed by atoms with Crippen molar-refractivity contribution in [1.82, 2.24) is 4.57 Å². The zero-order valence-corrected chi connectivity index (χ0v) is 11.7. The molecule has 1 aromatic rings. The van der Waals surface area contributed by atoms with Gasteiger partial charge in [-0.2, -0.15) is 0 Å². The van der Waals surface area contributed by atoms with Gasteiger partial charge in [-0.05, 0) is 0 Å². The average molecular weight is 288 g/mol. The van der Waals surface area contributed by atoms with Crippen LogP contribution in [-0.2, 0) is 6.54 Å². The van der Waals surface area contributed by atoms with Crippen LogP contribution in [0.15, 0.2) is 39.8 Å². The molecule has 1 rings (SSSR count). The van der Waals surface area contributed by atoms with Crippen molar-refractivity contribution in [3.8, 4) is 0 Å². The molecular formula is C11H18N3O2S2+.